The summed E-state index contributed by atoms with van der Waals surface area (Å²) in [6, 6.07) is 4.86. The van der Waals surface area contributed by atoms with Gasteiger partial charge in [0.25, 0.3) is 0 Å². The van der Waals surface area contributed by atoms with Gasteiger partial charge in [-0.2, -0.15) is 5.10 Å². The van der Waals surface area contributed by atoms with Crippen molar-refractivity contribution in [2.24, 2.45) is 0 Å². The molecule has 1 saturated heterocycles. The van der Waals surface area contributed by atoms with Crippen molar-refractivity contribution in [2.75, 3.05) is 0 Å². The minimum absolute atomic E-state index is 0.0939. The Bertz CT molecular complexity index is 718. The predicted octanol–water partition coefficient (Wildman–Crippen LogP) is 2.79. The Hall–Kier alpha value is -1.63. The summed E-state index contributed by atoms with van der Waals surface area (Å²) in [5.41, 5.74) is -0.927. The van der Waals surface area contributed by atoms with Crippen LogP contribution in [0.3, 0.4) is 0 Å². The SMILES string of the molecule is CC1(C)OC(=O)C(Cn2cncn2)(c2ccc(Cl)cc2Cl)O1. The van der Waals surface area contributed by atoms with Crippen molar-refractivity contribution >= 4 is 29.2 Å². The van der Waals surface area contributed by atoms with E-state index in [9.17, 15) is 4.79 Å². The number of halogens is 2. The number of hydrogen-bond acceptors (Lipinski definition) is 5. The average Bonchev–Trinajstić information content (AvgIpc) is 2.96. The first-order valence-corrected chi connectivity index (χ1v) is 7.30. The highest BCUT2D eigenvalue weighted by molar-refractivity contribution is 6.35. The second-order valence-corrected chi connectivity index (χ2v) is 6.28. The monoisotopic (exact) mass is 341 g/mol. The molecule has 2 heterocycles. The van der Waals surface area contributed by atoms with Crippen molar-refractivity contribution in [1.29, 1.82) is 0 Å². The molecule has 0 amide bonds. The molecule has 0 radical (unpaired) electrons. The number of aromatic nitrogens is 3. The van der Waals surface area contributed by atoms with E-state index in [1.807, 2.05) is 0 Å². The highest BCUT2D eigenvalue weighted by Crippen LogP contribution is 2.44. The van der Waals surface area contributed by atoms with Crippen LogP contribution < -0.4 is 0 Å². The quantitative estimate of drug-likeness (QED) is 0.803. The number of benzene rings is 1. The maximum Gasteiger partial charge on any atom is 0.347 e. The molecule has 8 heteroatoms. The first kappa shape index (κ1) is 15.3. The molecule has 3 rings (SSSR count). The van der Waals surface area contributed by atoms with Crippen LogP contribution in [0.15, 0.2) is 30.9 Å². The molecule has 116 valence electrons. The summed E-state index contributed by atoms with van der Waals surface area (Å²) < 4.78 is 12.8. The van der Waals surface area contributed by atoms with E-state index in [0.717, 1.165) is 0 Å². The lowest BCUT2D eigenvalue weighted by atomic mass is 9.93. The van der Waals surface area contributed by atoms with Crippen molar-refractivity contribution in [3.63, 3.8) is 0 Å². The second kappa shape index (κ2) is 5.22. The molecular weight excluding hydrogens is 329 g/mol. The van der Waals surface area contributed by atoms with Gasteiger partial charge in [0.05, 0.1) is 6.54 Å². The Labute approximate surface area is 136 Å². The Morgan fingerprint density at radius 2 is 2.09 bits per heavy atom. The molecule has 0 spiro atoms. The highest BCUT2D eigenvalue weighted by atomic mass is 35.5. The number of rotatable bonds is 3. The van der Waals surface area contributed by atoms with Gasteiger partial charge in [-0.15, -0.1) is 0 Å². The molecule has 2 aromatic rings. The summed E-state index contributed by atoms with van der Waals surface area (Å²) in [7, 11) is 0. The number of carbonyl (C=O) groups is 1. The third kappa shape index (κ3) is 2.58. The number of cyclic esters (lactones) is 1. The van der Waals surface area contributed by atoms with Gasteiger partial charge in [0.15, 0.2) is 0 Å². The predicted molar refractivity (Wildman–Crippen MR) is 79.4 cm³/mol. The molecule has 1 atom stereocenters. The van der Waals surface area contributed by atoms with Crippen molar-refractivity contribution < 1.29 is 14.3 Å². The zero-order chi connectivity index (χ0) is 16.0. The minimum Gasteiger partial charge on any atom is -0.431 e. The zero-order valence-corrected chi connectivity index (χ0v) is 13.4. The number of ether oxygens (including phenoxy) is 2. The smallest absolute Gasteiger partial charge is 0.347 e. The number of hydrogen-bond donors (Lipinski definition) is 0. The van der Waals surface area contributed by atoms with E-state index in [2.05, 4.69) is 10.1 Å². The standard InChI is InChI=1S/C14H13Cl2N3O3/c1-13(2)21-12(20)14(22-13,6-19-8-17-7-18-19)10-4-3-9(15)5-11(10)16/h3-5,7-8H,6H2,1-2H3. The van der Waals surface area contributed by atoms with Gasteiger partial charge in [0.2, 0.25) is 11.4 Å². The molecule has 6 nitrogen and oxygen atoms in total. The highest BCUT2D eigenvalue weighted by Gasteiger charge is 2.56. The molecule has 0 bridgehead atoms. The van der Waals surface area contributed by atoms with Gasteiger partial charge < -0.3 is 9.47 Å². The zero-order valence-electron chi connectivity index (χ0n) is 11.9. The molecule has 1 aromatic carbocycles. The molecule has 22 heavy (non-hydrogen) atoms. The van der Waals surface area contributed by atoms with E-state index in [0.29, 0.717) is 15.6 Å². The molecule has 0 aliphatic carbocycles. The maximum atomic E-state index is 12.6. The van der Waals surface area contributed by atoms with E-state index in [1.165, 1.54) is 17.3 Å². The van der Waals surface area contributed by atoms with Crippen LogP contribution in [0.4, 0.5) is 0 Å². The Morgan fingerprint density at radius 3 is 2.64 bits per heavy atom. The maximum absolute atomic E-state index is 12.6. The Balaban J connectivity index is 2.13. The second-order valence-electron chi connectivity index (χ2n) is 5.44. The normalized spacial score (nSPS) is 23.5. The fraction of sp³-hybridized carbons (Fsp3) is 0.357. The summed E-state index contributed by atoms with van der Waals surface area (Å²) in [4.78, 5) is 16.5. The van der Waals surface area contributed by atoms with Crippen molar-refractivity contribution in [2.45, 2.75) is 31.8 Å². The Morgan fingerprint density at radius 1 is 1.32 bits per heavy atom. The fourth-order valence-corrected chi connectivity index (χ4v) is 3.06. The topological polar surface area (TPSA) is 66.2 Å². The lowest BCUT2D eigenvalue weighted by molar-refractivity contribution is -0.169. The third-order valence-electron chi connectivity index (χ3n) is 3.31. The van der Waals surface area contributed by atoms with E-state index >= 15 is 0 Å². The van der Waals surface area contributed by atoms with Crippen LogP contribution in [0.25, 0.3) is 0 Å². The number of esters is 1. The molecule has 0 saturated carbocycles. The lowest BCUT2D eigenvalue weighted by Gasteiger charge is -2.27. The van der Waals surface area contributed by atoms with Gasteiger partial charge in [-0.1, -0.05) is 29.3 Å². The first-order chi connectivity index (χ1) is 10.3. The number of carbonyl (C=O) groups excluding carboxylic acids is 1. The van der Waals surface area contributed by atoms with Gasteiger partial charge >= 0.3 is 5.97 Å². The molecule has 1 fully saturated rings. The third-order valence-corrected chi connectivity index (χ3v) is 3.85. The van der Waals surface area contributed by atoms with Gasteiger partial charge in [-0.05, 0) is 12.1 Å². The summed E-state index contributed by atoms with van der Waals surface area (Å²) in [5.74, 6) is -1.60. The van der Waals surface area contributed by atoms with Crippen LogP contribution in [0.2, 0.25) is 10.0 Å². The van der Waals surface area contributed by atoms with Crippen molar-refractivity contribution in [3.8, 4) is 0 Å². The van der Waals surface area contributed by atoms with Crippen LogP contribution in [-0.4, -0.2) is 26.5 Å². The summed E-state index contributed by atoms with van der Waals surface area (Å²) in [5, 5.41) is 4.82. The largest absolute Gasteiger partial charge is 0.431 e. The summed E-state index contributed by atoms with van der Waals surface area (Å²) >= 11 is 12.2. The molecule has 1 aromatic heterocycles. The van der Waals surface area contributed by atoms with Crippen LogP contribution in [0.1, 0.15) is 19.4 Å². The summed E-state index contributed by atoms with van der Waals surface area (Å²) in [6.07, 6.45) is 2.87. The van der Waals surface area contributed by atoms with E-state index in [1.54, 1.807) is 32.0 Å². The van der Waals surface area contributed by atoms with Crippen LogP contribution in [-0.2, 0) is 26.4 Å². The van der Waals surface area contributed by atoms with Gasteiger partial charge in [0, 0.05) is 29.5 Å². The minimum atomic E-state index is -1.40. The first-order valence-electron chi connectivity index (χ1n) is 6.54. The molecule has 1 aliphatic rings. The van der Waals surface area contributed by atoms with Gasteiger partial charge in [-0.25, -0.2) is 14.5 Å². The average molecular weight is 342 g/mol. The Kier molecular flexibility index (Phi) is 3.63. The number of nitrogens with zero attached hydrogens (tertiary/aromatic N) is 3. The van der Waals surface area contributed by atoms with E-state index in [-0.39, 0.29) is 6.54 Å². The summed E-state index contributed by atoms with van der Waals surface area (Å²) in [6.45, 7) is 3.42. The lowest BCUT2D eigenvalue weighted by Crippen LogP contribution is -2.39. The van der Waals surface area contributed by atoms with Crippen LogP contribution in [0.5, 0.6) is 0 Å². The molecule has 1 unspecified atom stereocenters. The van der Waals surface area contributed by atoms with Crippen molar-refractivity contribution in [1.82, 2.24) is 14.8 Å². The molecule has 0 N–H and O–H groups in total. The van der Waals surface area contributed by atoms with Gasteiger partial charge in [0.1, 0.15) is 12.7 Å². The van der Waals surface area contributed by atoms with Crippen molar-refractivity contribution in [3.05, 3.63) is 46.5 Å². The van der Waals surface area contributed by atoms with Crippen LogP contribution in [0, 0.1) is 0 Å². The van der Waals surface area contributed by atoms with E-state index in [4.69, 9.17) is 32.7 Å². The fourth-order valence-electron chi connectivity index (χ4n) is 2.49. The molecular formula is C14H13Cl2N3O3. The van der Waals surface area contributed by atoms with E-state index < -0.39 is 17.4 Å². The molecule has 1 aliphatic heterocycles. The van der Waals surface area contributed by atoms with Crippen LogP contribution >= 0.6 is 23.2 Å². The van der Waals surface area contributed by atoms with Gasteiger partial charge in [-0.3, -0.25) is 0 Å².